The van der Waals surface area contributed by atoms with Crippen LogP contribution in [0.1, 0.15) is 36.7 Å². The minimum atomic E-state index is 0.0982. The van der Waals surface area contributed by atoms with Crippen molar-refractivity contribution in [2.45, 2.75) is 26.2 Å². The van der Waals surface area contributed by atoms with Crippen LogP contribution >= 0.6 is 0 Å². The van der Waals surface area contributed by atoms with Gasteiger partial charge in [-0.25, -0.2) is 4.98 Å². The van der Waals surface area contributed by atoms with Crippen molar-refractivity contribution in [3.8, 4) is 5.69 Å². The summed E-state index contributed by atoms with van der Waals surface area (Å²) in [7, 11) is 0. The van der Waals surface area contributed by atoms with Crippen LogP contribution in [0.5, 0.6) is 0 Å². The van der Waals surface area contributed by atoms with Crippen LogP contribution in [0, 0.1) is 5.41 Å². The smallest absolute Gasteiger partial charge is 0.113 e. The van der Waals surface area contributed by atoms with Gasteiger partial charge >= 0.3 is 0 Å². The summed E-state index contributed by atoms with van der Waals surface area (Å²) < 4.78 is 2.20. The van der Waals surface area contributed by atoms with Gasteiger partial charge in [-0.3, -0.25) is 0 Å². The van der Waals surface area contributed by atoms with E-state index < -0.39 is 0 Å². The van der Waals surface area contributed by atoms with Crippen molar-refractivity contribution in [3.05, 3.63) is 90.0 Å². The largest absolute Gasteiger partial charge is 0.304 e. The molecule has 0 bridgehead atoms. The third kappa shape index (κ3) is 2.58. The fourth-order valence-corrected chi connectivity index (χ4v) is 3.74. The van der Waals surface area contributed by atoms with Crippen molar-refractivity contribution < 1.29 is 0 Å². The molecule has 1 aliphatic carbocycles. The first-order chi connectivity index (χ1) is 11.6. The van der Waals surface area contributed by atoms with Crippen LogP contribution in [-0.2, 0) is 6.42 Å². The molecule has 0 N–H and O–H groups in total. The highest BCUT2D eigenvalue weighted by Crippen LogP contribution is 2.44. The summed E-state index contributed by atoms with van der Waals surface area (Å²) in [5, 5.41) is 0. The molecule has 24 heavy (non-hydrogen) atoms. The van der Waals surface area contributed by atoms with E-state index in [9.17, 15) is 0 Å². The number of imidazole rings is 1. The molecule has 2 heteroatoms. The van der Waals surface area contributed by atoms with Gasteiger partial charge in [0.15, 0.2) is 0 Å². The number of benzene rings is 2. The highest BCUT2D eigenvalue weighted by molar-refractivity contribution is 5.62. The topological polar surface area (TPSA) is 17.8 Å². The maximum absolute atomic E-state index is 4.64. The Morgan fingerprint density at radius 3 is 2.58 bits per heavy atom. The average molecular weight is 314 g/mol. The molecule has 2 aromatic carbocycles. The zero-order valence-electron chi connectivity index (χ0n) is 14.2. The molecule has 0 saturated heterocycles. The van der Waals surface area contributed by atoms with E-state index in [0.717, 1.165) is 12.2 Å². The second-order valence-electron chi connectivity index (χ2n) is 7.18. The fraction of sp³-hybridized carbons (Fsp3) is 0.227. The Morgan fingerprint density at radius 1 is 1.00 bits per heavy atom. The Kier molecular flexibility index (Phi) is 3.61. The van der Waals surface area contributed by atoms with Crippen molar-refractivity contribution in [1.29, 1.82) is 0 Å². The molecule has 0 amide bonds. The Hall–Kier alpha value is -2.61. The van der Waals surface area contributed by atoms with Crippen LogP contribution in [0.4, 0.5) is 0 Å². The molecule has 1 unspecified atom stereocenters. The lowest BCUT2D eigenvalue weighted by molar-refractivity contribution is 0.316. The van der Waals surface area contributed by atoms with Crippen LogP contribution < -0.4 is 0 Å². The van der Waals surface area contributed by atoms with Gasteiger partial charge in [0.05, 0.1) is 0 Å². The van der Waals surface area contributed by atoms with Gasteiger partial charge in [0.25, 0.3) is 0 Å². The van der Waals surface area contributed by atoms with E-state index in [-0.39, 0.29) is 5.41 Å². The molecule has 0 radical (unpaired) electrons. The fourth-order valence-electron chi connectivity index (χ4n) is 3.74. The van der Waals surface area contributed by atoms with Crippen LogP contribution in [-0.4, -0.2) is 9.55 Å². The number of fused-ring (bicyclic) bond motifs is 1. The van der Waals surface area contributed by atoms with E-state index >= 15 is 0 Å². The number of rotatable bonds is 4. The zero-order chi connectivity index (χ0) is 16.6. The summed E-state index contributed by atoms with van der Waals surface area (Å²) in [6.07, 6.45) is 9.49. The van der Waals surface area contributed by atoms with Crippen LogP contribution in [0.2, 0.25) is 0 Å². The molecule has 1 heterocycles. The molecule has 0 spiro atoms. The highest BCUT2D eigenvalue weighted by Gasteiger charge is 2.33. The van der Waals surface area contributed by atoms with E-state index in [4.69, 9.17) is 0 Å². The van der Waals surface area contributed by atoms with Crippen molar-refractivity contribution in [1.82, 2.24) is 9.55 Å². The molecule has 1 aromatic heterocycles. The predicted molar refractivity (Wildman–Crippen MR) is 99.3 cm³/mol. The third-order valence-corrected chi connectivity index (χ3v) is 5.01. The lowest BCUT2D eigenvalue weighted by atomic mass is 9.73. The Morgan fingerprint density at radius 2 is 1.75 bits per heavy atom. The van der Waals surface area contributed by atoms with Crippen molar-refractivity contribution >= 4 is 6.08 Å². The number of hydrogen-bond donors (Lipinski definition) is 0. The summed E-state index contributed by atoms with van der Waals surface area (Å²) in [5.74, 6) is 1.54. The quantitative estimate of drug-likeness (QED) is 0.643. The maximum atomic E-state index is 4.64. The molecule has 120 valence electrons. The summed E-state index contributed by atoms with van der Waals surface area (Å²) in [4.78, 5) is 4.64. The Labute approximate surface area is 143 Å². The molecule has 0 saturated carbocycles. The Balaban J connectivity index is 1.65. The average Bonchev–Trinajstić information content (AvgIpc) is 3.22. The van der Waals surface area contributed by atoms with Gasteiger partial charge in [-0.1, -0.05) is 68.5 Å². The minimum absolute atomic E-state index is 0.0982. The van der Waals surface area contributed by atoms with Crippen LogP contribution in [0.3, 0.4) is 0 Å². The maximum Gasteiger partial charge on any atom is 0.113 e. The second kappa shape index (κ2) is 5.79. The standard InChI is InChI=1S/C22H22N2/c1-22(2,20-13-12-17-8-6-7-11-19(17)20)16-21-23-14-15-24(21)18-9-4-3-5-10-18/h3-15,20H,16H2,1-2H3. The lowest BCUT2D eigenvalue weighted by Gasteiger charge is -2.31. The number of allylic oxidation sites excluding steroid dienone is 1. The summed E-state index contributed by atoms with van der Waals surface area (Å²) in [5.41, 5.74) is 4.05. The zero-order valence-corrected chi connectivity index (χ0v) is 14.2. The molecular formula is C22H22N2. The molecular weight excluding hydrogens is 292 g/mol. The highest BCUT2D eigenvalue weighted by atomic mass is 15.1. The first-order valence-corrected chi connectivity index (χ1v) is 8.50. The Bertz CT molecular complexity index is 872. The summed E-state index contributed by atoms with van der Waals surface area (Å²) in [6.45, 7) is 4.68. The van der Waals surface area contributed by atoms with E-state index in [1.165, 1.54) is 16.8 Å². The van der Waals surface area contributed by atoms with Gasteiger partial charge < -0.3 is 4.57 Å². The monoisotopic (exact) mass is 314 g/mol. The van der Waals surface area contributed by atoms with Crippen molar-refractivity contribution in [3.63, 3.8) is 0 Å². The lowest BCUT2D eigenvalue weighted by Crippen LogP contribution is -2.24. The number of hydrogen-bond acceptors (Lipinski definition) is 1. The third-order valence-electron chi connectivity index (χ3n) is 5.01. The molecule has 4 rings (SSSR count). The van der Waals surface area contributed by atoms with E-state index in [2.05, 4.69) is 90.3 Å². The number of aromatic nitrogens is 2. The van der Waals surface area contributed by atoms with E-state index in [0.29, 0.717) is 5.92 Å². The molecule has 0 aliphatic heterocycles. The minimum Gasteiger partial charge on any atom is -0.304 e. The van der Waals surface area contributed by atoms with Gasteiger partial charge in [0.2, 0.25) is 0 Å². The second-order valence-corrected chi connectivity index (χ2v) is 7.18. The van der Waals surface area contributed by atoms with E-state index in [1.807, 2.05) is 12.3 Å². The molecule has 2 nitrogen and oxygen atoms in total. The van der Waals surface area contributed by atoms with E-state index in [1.54, 1.807) is 0 Å². The van der Waals surface area contributed by atoms with Gasteiger partial charge in [-0.15, -0.1) is 0 Å². The van der Waals surface area contributed by atoms with Gasteiger partial charge in [0.1, 0.15) is 5.82 Å². The van der Waals surface area contributed by atoms with Gasteiger partial charge in [-0.05, 0) is 28.7 Å². The first kappa shape index (κ1) is 14.9. The van der Waals surface area contributed by atoms with Gasteiger partial charge in [-0.2, -0.15) is 0 Å². The molecule has 3 aromatic rings. The molecule has 0 fully saturated rings. The number of nitrogens with zero attached hydrogens (tertiary/aromatic N) is 2. The normalized spacial score (nSPS) is 16.3. The SMILES string of the molecule is CC(C)(Cc1nccn1-c1ccccc1)C1C=Cc2ccccc21. The predicted octanol–water partition coefficient (Wildman–Crippen LogP) is 5.25. The number of para-hydroxylation sites is 1. The van der Waals surface area contributed by atoms with Crippen molar-refractivity contribution in [2.24, 2.45) is 5.41 Å². The first-order valence-electron chi connectivity index (χ1n) is 8.50. The van der Waals surface area contributed by atoms with Crippen LogP contribution in [0.25, 0.3) is 11.8 Å². The molecule has 1 aliphatic rings. The van der Waals surface area contributed by atoms with Crippen molar-refractivity contribution in [2.75, 3.05) is 0 Å². The van der Waals surface area contributed by atoms with Gasteiger partial charge in [0, 0.05) is 30.4 Å². The summed E-state index contributed by atoms with van der Waals surface area (Å²) >= 11 is 0. The molecule has 1 atom stereocenters. The summed E-state index contributed by atoms with van der Waals surface area (Å²) in [6, 6.07) is 19.1. The van der Waals surface area contributed by atoms with Crippen LogP contribution in [0.15, 0.2) is 73.1 Å².